The molecule has 0 aromatic heterocycles. The van der Waals surface area contributed by atoms with Gasteiger partial charge in [-0.05, 0) is 37.0 Å². The van der Waals surface area contributed by atoms with Crippen LogP contribution in [0.3, 0.4) is 0 Å². The topological polar surface area (TPSA) is 78.9 Å². The highest BCUT2D eigenvalue weighted by atomic mass is 16.6. The van der Waals surface area contributed by atoms with Crippen LogP contribution in [0, 0.1) is 17.8 Å². The number of carbonyl (C=O) groups excluding carboxylic acids is 3. The third kappa shape index (κ3) is 59.3. The Hall–Kier alpha value is -1.59. The Morgan fingerprint density at radius 2 is 0.403 bits per heavy atom. The molecule has 0 radical (unpaired) electrons. The van der Waals surface area contributed by atoms with Crippen LogP contribution in [-0.2, 0) is 28.6 Å². The van der Waals surface area contributed by atoms with Gasteiger partial charge in [-0.3, -0.25) is 14.4 Å². The third-order valence-electron chi connectivity index (χ3n) is 15.1. The van der Waals surface area contributed by atoms with E-state index in [4.69, 9.17) is 14.2 Å². The first kappa shape index (κ1) is 70.4. The van der Waals surface area contributed by atoms with Crippen molar-refractivity contribution in [3.05, 3.63) is 0 Å². The normalized spacial score (nSPS) is 11.8. The van der Waals surface area contributed by atoms with E-state index in [-0.39, 0.29) is 31.1 Å². The summed E-state index contributed by atoms with van der Waals surface area (Å²) < 4.78 is 17.0. The molecule has 0 saturated carbocycles. The van der Waals surface area contributed by atoms with Crippen LogP contribution in [0.25, 0.3) is 0 Å². The van der Waals surface area contributed by atoms with Gasteiger partial charge in [-0.2, -0.15) is 0 Å². The highest BCUT2D eigenvalue weighted by Crippen LogP contribution is 2.19. The van der Waals surface area contributed by atoms with E-state index in [1.165, 1.54) is 250 Å². The van der Waals surface area contributed by atoms with Crippen molar-refractivity contribution >= 4 is 17.9 Å². The monoisotopic (exact) mass is 1020 g/mol. The predicted octanol–water partition coefficient (Wildman–Crippen LogP) is 21.8. The summed E-state index contributed by atoms with van der Waals surface area (Å²) in [4.78, 5) is 38.4. The van der Waals surface area contributed by atoms with Crippen LogP contribution in [0.5, 0.6) is 0 Å². The molecule has 72 heavy (non-hydrogen) atoms. The second-order valence-corrected chi connectivity index (χ2v) is 24.2. The second kappa shape index (κ2) is 57.1. The maximum Gasteiger partial charge on any atom is 0.306 e. The molecule has 0 N–H and O–H groups in total. The van der Waals surface area contributed by atoms with Gasteiger partial charge in [-0.1, -0.05) is 330 Å². The molecule has 0 bridgehead atoms. The van der Waals surface area contributed by atoms with E-state index in [0.717, 1.165) is 75.5 Å². The highest BCUT2D eigenvalue weighted by molar-refractivity contribution is 5.71. The number of hydrogen-bond acceptors (Lipinski definition) is 6. The zero-order valence-corrected chi connectivity index (χ0v) is 49.7. The summed E-state index contributed by atoms with van der Waals surface area (Å²) in [7, 11) is 0. The van der Waals surface area contributed by atoms with E-state index in [9.17, 15) is 14.4 Å². The summed E-state index contributed by atoms with van der Waals surface area (Å²) in [5.41, 5.74) is 0. The third-order valence-corrected chi connectivity index (χ3v) is 15.1. The lowest BCUT2D eigenvalue weighted by molar-refractivity contribution is -0.167. The lowest BCUT2D eigenvalue weighted by Crippen LogP contribution is -2.30. The lowest BCUT2D eigenvalue weighted by atomic mass is 10.0. The molecule has 0 aliphatic heterocycles. The number of unbranched alkanes of at least 4 members (excludes halogenated alkanes) is 42. The Kier molecular flexibility index (Phi) is 55.9. The van der Waals surface area contributed by atoms with Crippen molar-refractivity contribution in [2.24, 2.45) is 17.8 Å². The minimum absolute atomic E-state index is 0.0623. The fraction of sp³-hybridized carbons (Fsp3) is 0.955. The number of carbonyl (C=O) groups is 3. The Balaban J connectivity index is 4.29. The first-order valence-electron chi connectivity index (χ1n) is 32.6. The summed E-state index contributed by atoms with van der Waals surface area (Å²) >= 11 is 0. The van der Waals surface area contributed by atoms with Gasteiger partial charge in [0, 0.05) is 19.3 Å². The first-order valence-corrected chi connectivity index (χ1v) is 32.6. The van der Waals surface area contributed by atoms with Crippen LogP contribution in [0.2, 0.25) is 0 Å². The van der Waals surface area contributed by atoms with Gasteiger partial charge in [0.05, 0.1) is 0 Å². The Bertz CT molecular complexity index is 1060. The predicted molar refractivity (Wildman–Crippen MR) is 312 cm³/mol. The van der Waals surface area contributed by atoms with Crippen LogP contribution in [-0.4, -0.2) is 37.2 Å². The number of hydrogen-bond donors (Lipinski definition) is 0. The molecule has 0 aliphatic rings. The fourth-order valence-electron chi connectivity index (χ4n) is 10.2. The van der Waals surface area contributed by atoms with Crippen LogP contribution in [0.4, 0.5) is 0 Å². The molecule has 6 nitrogen and oxygen atoms in total. The zero-order valence-electron chi connectivity index (χ0n) is 49.7. The largest absolute Gasteiger partial charge is 0.462 e. The first-order chi connectivity index (χ1) is 35.1. The molecule has 428 valence electrons. The van der Waals surface area contributed by atoms with E-state index in [0.29, 0.717) is 19.3 Å². The summed E-state index contributed by atoms with van der Waals surface area (Å²) in [6.45, 7) is 13.8. The van der Waals surface area contributed by atoms with E-state index in [2.05, 4.69) is 41.5 Å². The molecule has 0 saturated heterocycles. The van der Waals surface area contributed by atoms with Crippen molar-refractivity contribution in [2.75, 3.05) is 13.2 Å². The molecule has 0 aliphatic carbocycles. The van der Waals surface area contributed by atoms with Crippen molar-refractivity contribution in [3.63, 3.8) is 0 Å². The second-order valence-electron chi connectivity index (χ2n) is 24.2. The Morgan fingerprint density at radius 1 is 0.236 bits per heavy atom. The molecular formula is C66H128O6. The molecular weight excluding hydrogens is 889 g/mol. The quantitative estimate of drug-likeness (QED) is 0.0343. The average molecular weight is 1020 g/mol. The number of ether oxygens (including phenoxy) is 3. The van der Waals surface area contributed by atoms with Gasteiger partial charge in [0.2, 0.25) is 0 Å². The summed E-state index contributed by atoms with van der Waals surface area (Å²) in [5, 5.41) is 0. The smallest absolute Gasteiger partial charge is 0.306 e. The van der Waals surface area contributed by atoms with Crippen molar-refractivity contribution in [1.82, 2.24) is 0 Å². The minimum atomic E-state index is -0.765. The molecule has 0 atom stereocenters. The van der Waals surface area contributed by atoms with Gasteiger partial charge in [-0.15, -0.1) is 0 Å². The van der Waals surface area contributed by atoms with Gasteiger partial charge < -0.3 is 14.2 Å². The standard InChI is InChI=1S/C66H128O6/c1-60(2)52-46-40-34-28-22-16-10-7-13-19-25-31-37-43-49-55-64(67)70-58-63(72-66(69)57-51-45-39-33-27-21-15-9-12-18-24-30-36-42-48-54-62(5)6)59-71-65(68)56-50-44-38-32-26-20-14-8-11-17-23-29-35-41-47-53-61(3)4/h60-63H,7-59H2,1-6H3. The van der Waals surface area contributed by atoms with Gasteiger partial charge >= 0.3 is 17.9 Å². The van der Waals surface area contributed by atoms with Gasteiger partial charge in [0.25, 0.3) is 0 Å². The van der Waals surface area contributed by atoms with Crippen LogP contribution in [0.15, 0.2) is 0 Å². The van der Waals surface area contributed by atoms with Crippen molar-refractivity contribution < 1.29 is 28.6 Å². The van der Waals surface area contributed by atoms with Gasteiger partial charge in [-0.25, -0.2) is 0 Å². The number of esters is 3. The molecule has 0 aromatic rings. The molecule has 0 aromatic carbocycles. The van der Waals surface area contributed by atoms with E-state index < -0.39 is 6.10 Å². The van der Waals surface area contributed by atoms with Gasteiger partial charge in [0.1, 0.15) is 13.2 Å². The molecule has 0 amide bonds. The molecule has 0 unspecified atom stereocenters. The van der Waals surface area contributed by atoms with E-state index in [1.54, 1.807) is 0 Å². The SMILES string of the molecule is CC(C)CCCCCCCCCCCCCCCCCC(=O)OCC(COC(=O)CCCCCCCCCCCCCCCCCC(C)C)OC(=O)CCCCCCCCCCCCCCCCCC(C)C. The van der Waals surface area contributed by atoms with Crippen LogP contribution in [0.1, 0.15) is 369 Å². The zero-order chi connectivity index (χ0) is 52.6. The lowest BCUT2D eigenvalue weighted by Gasteiger charge is -2.18. The molecule has 0 fully saturated rings. The Morgan fingerprint density at radius 3 is 0.597 bits per heavy atom. The average Bonchev–Trinajstić information content (AvgIpc) is 3.34. The summed E-state index contributed by atoms with van der Waals surface area (Å²) in [6.07, 6.45) is 62.5. The Labute approximate surface area is 450 Å². The molecule has 0 spiro atoms. The van der Waals surface area contributed by atoms with Crippen molar-refractivity contribution in [2.45, 2.75) is 375 Å². The summed E-state index contributed by atoms with van der Waals surface area (Å²) in [6, 6.07) is 0. The van der Waals surface area contributed by atoms with Crippen LogP contribution < -0.4 is 0 Å². The minimum Gasteiger partial charge on any atom is -0.462 e. The molecule has 0 heterocycles. The maximum absolute atomic E-state index is 12.9. The maximum atomic E-state index is 12.9. The van der Waals surface area contributed by atoms with Crippen molar-refractivity contribution in [1.29, 1.82) is 0 Å². The summed E-state index contributed by atoms with van der Waals surface area (Å²) in [5.74, 6) is 1.71. The van der Waals surface area contributed by atoms with Crippen molar-refractivity contribution in [3.8, 4) is 0 Å². The highest BCUT2D eigenvalue weighted by Gasteiger charge is 2.19. The van der Waals surface area contributed by atoms with Gasteiger partial charge in [0.15, 0.2) is 6.10 Å². The van der Waals surface area contributed by atoms with Crippen LogP contribution >= 0.6 is 0 Å². The van der Waals surface area contributed by atoms with E-state index >= 15 is 0 Å². The molecule has 0 rings (SSSR count). The molecule has 6 heteroatoms. The fourth-order valence-corrected chi connectivity index (χ4v) is 10.2. The van der Waals surface area contributed by atoms with E-state index in [1.807, 2.05) is 0 Å². The number of rotatable bonds is 59.